The van der Waals surface area contributed by atoms with Crippen molar-refractivity contribution in [1.29, 1.82) is 0 Å². The molecule has 4 rings (SSSR count). The normalized spacial score (nSPS) is 19.4. The van der Waals surface area contributed by atoms with Crippen molar-refractivity contribution in [3.05, 3.63) is 46.4 Å². The molecule has 0 unspecified atom stereocenters. The number of piperidine rings is 1. The number of likely N-dealkylation sites (tertiary alicyclic amines) is 1. The number of hydrogen-bond donors (Lipinski definition) is 0. The molecule has 0 spiro atoms. The summed E-state index contributed by atoms with van der Waals surface area (Å²) in [4.78, 5) is 17.3. The van der Waals surface area contributed by atoms with Gasteiger partial charge in [-0.15, -0.1) is 0 Å². The van der Waals surface area contributed by atoms with E-state index in [0.717, 1.165) is 69.2 Å². The van der Waals surface area contributed by atoms with Gasteiger partial charge in [-0.05, 0) is 49.9 Å². The SMILES string of the molecule is CCCOc1ccc(CN2CCC[C@@H](n3ncc(N4CCC4)cc3=O)C2)cc1OC. The molecule has 0 amide bonds. The average Bonchev–Trinajstić information content (AvgIpc) is 2.72. The largest absolute Gasteiger partial charge is 0.493 e. The lowest BCUT2D eigenvalue weighted by atomic mass is 10.0. The first kappa shape index (κ1) is 20.7. The Kier molecular flexibility index (Phi) is 6.57. The topological polar surface area (TPSA) is 59.8 Å². The highest BCUT2D eigenvalue weighted by Gasteiger charge is 2.24. The number of anilines is 1. The summed E-state index contributed by atoms with van der Waals surface area (Å²) in [6.45, 7) is 7.48. The quantitative estimate of drug-likeness (QED) is 0.664. The fourth-order valence-electron chi connectivity index (χ4n) is 4.20. The lowest BCUT2D eigenvalue weighted by molar-refractivity contribution is 0.159. The van der Waals surface area contributed by atoms with Gasteiger partial charge in [0, 0.05) is 32.2 Å². The molecule has 3 heterocycles. The molecule has 2 aliphatic heterocycles. The van der Waals surface area contributed by atoms with E-state index in [0.29, 0.717) is 6.61 Å². The minimum absolute atomic E-state index is 0.00495. The third kappa shape index (κ3) is 4.61. The summed E-state index contributed by atoms with van der Waals surface area (Å²) in [7, 11) is 1.68. The first-order chi connectivity index (χ1) is 14.7. The first-order valence-corrected chi connectivity index (χ1v) is 11.0. The van der Waals surface area contributed by atoms with Crippen LogP contribution in [0.5, 0.6) is 11.5 Å². The van der Waals surface area contributed by atoms with Crippen LogP contribution in [0.25, 0.3) is 0 Å². The standard InChI is InChI=1S/C23H32N4O3/c1-3-12-30-21-8-7-18(13-22(21)29-2)16-25-9-4-6-19(17-25)27-23(28)14-20(15-24-27)26-10-5-11-26/h7-8,13-15,19H,3-6,9-12,16-17H2,1-2H3/t19-/m1/s1. The molecule has 0 N–H and O–H groups in total. The summed E-state index contributed by atoms with van der Waals surface area (Å²) in [6.07, 6.45) is 6.05. The molecular weight excluding hydrogens is 380 g/mol. The zero-order valence-electron chi connectivity index (χ0n) is 18.0. The van der Waals surface area contributed by atoms with Crippen molar-refractivity contribution in [2.45, 2.75) is 45.2 Å². The minimum atomic E-state index is 0.00495. The van der Waals surface area contributed by atoms with E-state index in [1.165, 1.54) is 12.0 Å². The highest BCUT2D eigenvalue weighted by Crippen LogP contribution is 2.30. The maximum absolute atomic E-state index is 12.7. The zero-order chi connectivity index (χ0) is 20.9. The Morgan fingerprint density at radius 2 is 2.00 bits per heavy atom. The second-order valence-corrected chi connectivity index (χ2v) is 8.20. The summed E-state index contributed by atoms with van der Waals surface area (Å²) < 4.78 is 13.0. The van der Waals surface area contributed by atoms with Crippen LogP contribution >= 0.6 is 0 Å². The summed E-state index contributed by atoms with van der Waals surface area (Å²) in [5.41, 5.74) is 2.14. The number of ether oxygens (including phenoxy) is 2. The number of benzene rings is 1. The summed E-state index contributed by atoms with van der Waals surface area (Å²) in [5, 5.41) is 4.51. The van der Waals surface area contributed by atoms with Crippen LogP contribution < -0.4 is 19.9 Å². The fourth-order valence-corrected chi connectivity index (χ4v) is 4.20. The molecule has 0 saturated carbocycles. The summed E-state index contributed by atoms with van der Waals surface area (Å²) in [5.74, 6) is 1.56. The van der Waals surface area contributed by atoms with E-state index < -0.39 is 0 Å². The van der Waals surface area contributed by atoms with Gasteiger partial charge in [0.05, 0.1) is 31.6 Å². The lowest BCUT2D eigenvalue weighted by Crippen LogP contribution is -2.41. The minimum Gasteiger partial charge on any atom is -0.493 e. The number of rotatable bonds is 8. The van der Waals surface area contributed by atoms with Gasteiger partial charge in [0.1, 0.15) is 0 Å². The van der Waals surface area contributed by atoms with Crippen molar-refractivity contribution in [3.8, 4) is 11.5 Å². The van der Waals surface area contributed by atoms with Crippen molar-refractivity contribution >= 4 is 5.69 Å². The highest BCUT2D eigenvalue weighted by atomic mass is 16.5. The van der Waals surface area contributed by atoms with Gasteiger partial charge in [0.2, 0.25) is 0 Å². The zero-order valence-corrected chi connectivity index (χ0v) is 18.0. The summed E-state index contributed by atoms with van der Waals surface area (Å²) >= 11 is 0. The molecule has 0 aliphatic carbocycles. The van der Waals surface area contributed by atoms with Gasteiger partial charge < -0.3 is 14.4 Å². The van der Waals surface area contributed by atoms with E-state index >= 15 is 0 Å². The van der Waals surface area contributed by atoms with E-state index in [1.54, 1.807) is 17.9 Å². The van der Waals surface area contributed by atoms with Gasteiger partial charge in [-0.2, -0.15) is 5.10 Å². The van der Waals surface area contributed by atoms with E-state index in [2.05, 4.69) is 34.0 Å². The Bertz CT molecular complexity index is 910. The third-order valence-electron chi connectivity index (χ3n) is 5.96. The molecular formula is C23H32N4O3. The van der Waals surface area contributed by atoms with E-state index in [-0.39, 0.29) is 11.6 Å². The average molecular weight is 413 g/mol. The van der Waals surface area contributed by atoms with Crippen LogP contribution in [0.15, 0.2) is 35.3 Å². The monoisotopic (exact) mass is 412 g/mol. The lowest BCUT2D eigenvalue weighted by Gasteiger charge is -2.34. The molecule has 1 aromatic carbocycles. The molecule has 2 aromatic rings. The molecule has 30 heavy (non-hydrogen) atoms. The van der Waals surface area contributed by atoms with E-state index in [9.17, 15) is 4.79 Å². The number of hydrogen-bond acceptors (Lipinski definition) is 6. The van der Waals surface area contributed by atoms with Crippen LogP contribution in [-0.4, -0.2) is 54.6 Å². The van der Waals surface area contributed by atoms with Gasteiger partial charge in [-0.25, -0.2) is 4.68 Å². The van der Waals surface area contributed by atoms with Gasteiger partial charge in [0.15, 0.2) is 11.5 Å². The van der Waals surface area contributed by atoms with Crippen molar-refractivity contribution in [1.82, 2.24) is 14.7 Å². The predicted octanol–water partition coefficient (Wildman–Crippen LogP) is 3.09. The van der Waals surface area contributed by atoms with Crippen LogP contribution in [0.2, 0.25) is 0 Å². The third-order valence-corrected chi connectivity index (χ3v) is 5.96. The predicted molar refractivity (Wildman–Crippen MR) is 118 cm³/mol. The van der Waals surface area contributed by atoms with Crippen LogP contribution in [0.1, 0.15) is 44.2 Å². The smallest absolute Gasteiger partial charge is 0.269 e. The molecule has 0 bridgehead atoms. The Morgan fingerprint density at radius 3 is 2.70 bits per heavy atom. The molecule has 7 heteroatoms. The number of methoxy groups -OCH3 is 1. The van der Waals surface area contributed by atoms with Crippen LogP contribution in [0, 0.1) is 0 Å². The van der Waals surface area contributed by atoms with E-state index in [4.69, 9.17) is 9.47 Å². The summed E-state index contributed by atoms with van der Waals surface area (Å²) in [6, 6.07) is 8.01. The van der Waals surface area contributed by atoms with Crippen molar-refractivity contribution < 1.29 is 9.47 Å². The first-order valence-electron chi connectivity index (χ1n) is 11.0. The molecule has 0 radical (unpaired) electrons. The molecule has 7 nitrogen and oxygen atoms in total. The highest BCUT2D eigenvalue weighted by molar-refractivity contribution is 5.45. The van der Waals surface area contributed by atoms with E-state index in [1.807, 2.05) is 12.3 Å². The van der Waals surface area contributed by atoms with Crippen LogP contribution in [0.4, 0.5) is 5.69 Å². The number of aromatic nitrogens is 2. The van der Waals surface area contributed by atoms with Crippen molar-refractivity contribution in [2.24, 2.45) is 0 Å². The molecule has 1 atom stereocenters. The van der Waals surface area contributed by atoms with Crippen molar-refractivity contribution in [2.75, 3.05) is 44.8 Å². The van der Waals surface area contributed by atoms with Crippen LogP contribution in [-0.2, 0) is 6.54 Å². The number of nitrogens with zero attached hydrogens (tertiary/aromatic N) is 4. The molecule has 162 valence electrons. The Labute approximate surface area is 178 Å². The van der Waals surface area contributed by atoms with Gasteiger partial charge in [0.25, 0.3) is 5.56 Å². The Balaban J connectivity index is 1.42. The Hall–Kier alpha value is -2.54. The van der Waals surface area contributed by atoms with Gasteiger partial charge in [-0.1, -0.05) is 13.0 Å². The molecule has 2 aliphatic rings. The maximum atomic E-state index is 12.7. The van der Waals surface area contributed by atoms with Crippen LogP contribution in [0.3, 0.4) is 0 Å². The second-order valence-electron chi connectivity index (χ2n) is 8.20. The Morgan fingerprint density at radius 1 is 1.13 bits per heavy atom. The second kappa shape index (κ2) is 9.51. The molecule has 1 aromatic heterocycles. The van der Waals surface area contributed by atoms with Gasteiger partial charge >= 0.3 is 0 Å². The maximum Gasteiger partial charge on any atom is 0.269 e. The van der Waals surface area contributed by atoms with Gasteiger partial charge in [-0.3, -0.25) is 9.69 Å². The van der Waals surface area contributed by atoms with Crippen molar-refractivity contribution in [3.63, 3.8) is 0 Å². The fraction of sp³-hybridized carbons (Fsp3) is 0.565. The molecule has 2 fully saturated rings. The molecule has 2 saturated heterocycles.